The zero-order valence-electron chi connectivity index (χ0n) is 15.5. The summed E-state index contributed by atoms with van der Waals surface area (Å²) in [6.07, 6.45) is 1.53. The smallest absolute Gasteiger partial charge is 0.282 e. The summed E-state index contributed by atoms with van der Waals surface area (Å²) in [6.45, 7) is 3.79. The van der Waals surface area contributed by atoms with Crippen LogP contribution in [-0.2, 0) is 0 Å². The average Bonchev–Trinajstić information content (AvgIpc) is 2.67. The minimum absolute atomic E-state index is 0.00928. The molecule has 6 nitrogen and oxygen atoms in total. The highest BCUT2D eigenvalue weighted by atomic mass is 79.9. The molecule has 0 atom stereocenters. The highest BCUT2D eigenvalue weighted by molar-refractivity contribution is 9.10. The predicted octanol–water partition coefficient (Wildman–Crippen LogP) is 5.48. The van der Waals surface area contributed by atoms with E-state index in [1.165, 1.54) is 10.9 Å². The normalized spacial score (nSPS) is 11.3. The van der Waals surface area contributed by atoms with Crippen LogP contribution in [0, 0.1) is 11.3 Å². The van der Waals surface area contributed by atoms with Gasteiger partial charge in [0.05, 0.1) is 26.6 Å². The molecule has 0 unspecified atom stereocenters. The van der Waals surface area contributed by atoms with Gasteiger partial charge >= 0.3 is 0 Å². The SMILES string of the molecule is CC(C)c1nc2ccc(Br)cc2c(=O)n1N=Cc1cc(Cl)c(OCC#N)c(Br)c1. The molecule has 0 radical (unpaired) electrons. The molecule has 148 valence electrons. The molecule has 0 saturated heterocycles. The molecule has 0 amide bonds. The summed E-state index contributed by atoms with van der Waals surface area (Å²) < 4.78 is 7.99. The van der Waals surface area contributed by atoms with E-state index >= 15 is 0 Å². The Morgan fingerprint density at radius 2 is 2.10 bits per heavy atom. The lowest BCUT2D eigenvalue weighted by molar-refractivity contribution is 0.366. The number of hydrogen-bond donors (Lipinski definition) is 0. The summed E-state index contributed by atoms with van der Waals surface area (Å²) in [5.41, 5.74) is 1.02. The van der Waals surface area contributed by atoms with E-state index in [0.29, 0.717) is 37.5 Å². The maximum absolute atomic E-state index is 13.0. The number of benzene rings is 2. The number of aromatic nitrogens is 2. The van der Waals surface area contributed by atoms with E-state index in [2.05, 4.69) is 41.9 Å². The van der Waals surface area contributed by atoms with Crippen LogP contribution in [0.2, 0.25) is 5.02 Å². The van der Waals surface area contributed by atoms with Gasteiger partial charge in [0.2, 0.25) is 0 Å². The van der Waals surface area contributed by atoms with Gasteiger partial charge in [-0.15, -0.1) is 0 Å². The van der Waals surface area contributed by atoms with Crippen LogP contribution in [0.1, 0.15) is 31.2 Å². The Bertz CT molecular complexity index is 1190. The first kappa shape index (κ1) is 21.5. The summed E-state index contributed by atoms with van der Waals surface area (Å²) in [5.74, 6) is 0.924. The van der Waals surface area contributed by atoms with Gasteiger partial charge in [0.15, 0.2) is 12.4 Å². The molecular weight excluding hydrogens is 524 g/mol. The molecule has 0 fully saturated rings. The van der Waals surface area contributed by atoms with Crippen molar-refractivity contribution in [3.8, 4) is 11.8 Å². The highest BCUT2D eigenvalue weighted by Gasteiger charge is 2.14. The molecule has 0 N–H and O–H groups in total. The Labute approximate surface area is 189 Å². The van der Waals surface area contributed by atoms with Gasteiger partial charge < -0.3 is 4.74 Å². The van der Waals surface area contributed by atoms with Crippen molar-refractivity contribution in [1.29, 1.82) is 5.26 Å². The fourth-order valence-electron chi connectivity index (χ4n) is 2.67. The first-order valence-electron chi connectivity index (χ1n) is 8.57. The first-order valence-corrected chi connectivity index (χ1v) is 10.5. The summed E-state index contributed by atoms with van der Waals surface area (Å²) in [4.78, 5) is 17.7. The van der Waals surface area contributed by atoms with E-state index in [1.54, 1.807) is 24.3 Å². The van der Waals surface area contributed by atoms with Gasteiger partial charge in [-0.2, -0.15) is 15.0 Å². The largest absolute Gasteiger partial charge is 0.476 e. The summed E-state index contributed by atoms with van der Waals surface area (Å²) in [7, 11) is 0. The van der Waals surface area contributed by atoms with Crippen LogP contribution in [0.5, 0.6) is 5.75 Å². The van der Waals surface area contributed by atoms with Gasteiger partial charge in [-0.1, -0.05) is 41.4 Å². The Morgan fingerprint density at radius 1 is 1.34 bits per heavy atom. The number of nitrogens with zero attached hydrogens (tertiary/aromatic N) is 4. The van der Waals surface area contributed by atoms with Crippen molar-refractivity contribution in [3.05, 3.63) is 66.0 Å². The van der Waals surface area contributed by atoms with Crippen molar-refractivity contribution < 1.29 is 4.74 Å². The van der Waals surface area contributed by atoms with E-state index < -0.39 is 0 Å². The van der Waals surface area contributed by atoms with Crippen LogP contribution in [0.25, 0.3) is 10.9 Å². The Kier molecular flexibility index (Phi) is 6.73. The van der Waals surface area contributed by atoms with E-state index in [-0.39, 0.29) is 18.1 Å². The first-order chi connectivity index (χ1) is 13.8. The molecular formula is C20H15Br2ClN4O2. The minimum atomic E-state index is -0.254. The average molecular weight is 539 g/mol. The van der Waals surface area contributed by atoms with Crippen molar-refractivity contribution in [3.63, 3.8) is 0 Å². The van der Waals surface area contributed by atoms with Gasteiger partial charge in [0.25, 0.3) is 5.56 Å². The third kappa shape index (κ3) is 4.69. The number of nitriles is 1. The number of hydrogen-bond acceptors (Lipinski definition) is 5. The maximum atomic E-state index is 13.0. The zero-order chi connectivity index (χ0) is 21.1. The molecule has 3 aromatic rings. The van der Waals surface area contributed by atoms with Crippen molar-refractivity contribution in [2.75, 3.05) is 6.61 Å². The third-order valence-corrected chi connectivity index (χ3v) is 5.34. The second-order valence-corrected chi connectivity index (χ2v) is 8.59. The molecule has 1 heterocycles. The standard InChI is InChI=1S/C20H15Br2ClN4O2/c1-11(2)19-26-17-4-3-13(21)9-14(17)20(28)27(19)25-10-12-7-15(22)18(16(23)8-12)29-6-5-24/h3-4,7-11H,6H2,1-2H3. The zero-order valence-corrected chi connectivity index (χ0v) is 19.4. The van der Waals surface area contributed by atoms with E-state index in [1.807, 2.05) is 26.0 Å². The van der Waals surface area contributed by atoms with Gasteiger partial charge in [0, 0.05) is 10.4 Å². The van der Waals surface area contributed by atoms with Crippen molar-refractivity contribution in [1.82, 2.24) is 9.66 Å². The molecule has 1 aromatic heterocycles. The highest BCUT2D eigenvalue weighted by Crippen LogP contribution is 2.34. The van der Waals surface area contributed by atoms with E-state index in [4.69, 9.17) is 21.6 Å². The van der Waals surface area contributed by atoms with Crippen LogP contribution in [0.3, 0.4) is 0 Å². The van der Waals surface area contributed by atoms with Crippen LogP contribution in [0.15, 0.2) is 49.2 Å². The van der Waals surface area contributed by atoms with Crippen molar-refractivity contribution >= 4 is 60.6 Å². The number of halogens is 3. The number of fused-ring (bicyclic) bond motifs is 1. The molecule has 0 saturated carbocycles. The predicted molar refractivity (Wildman–Crippen MR) is 121 cm³/mol. The minimum Gasteiger partial charge on any atom is -0.476 e. The van der Waals surface area contributed by atoms with Crippen LogP contribution >= 0.6 is 43.5 Å². The van der Waals surface area contributed by atoms with Crippen molar-refractivity contribution in [2.24, 2.45) is 5.10 Å². The molecule has 0 aliphatic heterocycles. The Morgan fingerprint density at radius 3 is 2.76 bits per heavy atom. The quantitative estimate of drug-likeness (QED) is 0.403. The van der Waals surface area contributed by atoms with Crippen molar-refractivity contribution in [2.45, 2.75) is 19.8 Å². The molecule has 0 aliphatic rings. The van der Waals surface area contributed by atoms with Gasteiger partial charge in [-0.25, -0.2) is 4.98 Å². The lowest BCUT2D eigenvalue weighted by Crippen LogP contribution is -2.23. The molecule has 0 aliphatic carbocycles. The molecule has 0 bridgehead atoms. The Balaban J connectivity index is 2.09. The van der Waals surface area contributed by atoms with Gasteiger partial charge in [0.1, 0.15) is 11.9 Å². The molecule has 9 heteroatoms. The fourth-order valence-corrected chi connectivity index (χ4v) is 4.02. The van der Waals surface area contributed by atoms with Gasteiger partial charge in [-0.3, -0.25) is 4.79 Å². The third-order valence-electron chi connectivity index (χ3n) is 3.97. The monoisotopic (exact) mass is 536 g/mol. The van der Waals surface area contributed by atoms with Crippen LogP contribution in [-0.4, -0.2) is 22.5 Å². The van der Waals surface area contributed by atoms with Crippen LogP contribution in [0.4, 0.5) is 0 Å². The van der Waals surface area contributed by atoms with Crippen LogP contribution < -0.4 is 10.3 Å². The molecule has 0 spiro atoms. The second kappa shape index (κ2) is 9.08. The summed E-state index contributed by atoms with van der Waals surface area (Å²) >= 11 is 13.0. The number of rotatable bonds is 5. The van der Waals surface area contributed by atoms with Gasteiger partial charge in [-0.05, 0) is 51.8 Å². The molecule has 2 aromatic carbocycles. The lowest BCUT2D eigenvalue weighted by Gasteiger charge is -2.12. The Hall–Kier alpha value is -2.21. The number of ether oxygens (including phenoxy) is 1. The maximum Gasteiger partial charge on any atom is 0.282 e. The second-order valence-electron chi connectivity index (χ2n) is 6.41. The molecule has 3 rings (SSSR count). The van der Waals surface area contributed by atoms with E-state index in [0.717, 1.165) is 4.47 Å². The molecule has 29 heavy (non-hydrogen) atoms. The fraction of sp³-hybridized carbons (Fsp3) is 0.200. The lowest BCUT2D eigenvalue weighted by atomic mass is 10.2. The van der Waals surface area contributed by atoms with E-state index in [9.17, 15) is 4.79 Å². The topological polar surface area (TPSA) is 80.3 Å². The summed E-state index contributed by atoms with van der Waals surface area (Å²) in [5, 5.41) is 13.8. The summed E-state index contributed by atoms with van der Waals surface area (Å²) in [6, 6.07) is 10.7.